The van der Waals surface area contributed by atoms with Crippen molar-refractivity contribution in [2.75, 3.05) is 20.2 Å². The largest absolute Gasteiger partial charge is 0.496 e. The van der Waals surface area contributed by atoms with Gasteiger partial charge in [-0.2, -0.15) is 0 Å². The van der Waals surface area contributed by atoms with Crippen LogP contribution in [0.1, 0.15) is 29.0 Å². The van der Waals surface area contributed by atoms with Crippen molar-refractivity contribution in [1.82, 2.24) is 20.4 Å². The first-order valence-corrected chi connectivity index (χ1v) is 9.76. The molecule has 2 aromatic heterocycles. The van der Waals surface area contributed by atoms with E-state index in [0.717, 1.165) is 48.7 Å². The van der Waals surface area contributed by atoms with E-state index < -0.39 is 0 Å². The van der Waals surface area contributed by atoms with E-state index in [4.69, 9.17) is 9.26 Å². The number of para-hydroxylation sites is 1. The molecule has 0 atom stereocenters. The number of carbonyl (C=O) groups is 1. The molecule has 150 valence electrons. The summed E-state index contributed by atoms with van der Waals surface area (Å²) >= 11 is 0. The van der Waals surface area contributed by atoms with Gasteiger partial charge in [0.1, 0.15) is 11.4 Å². The van der Waals surface area contributed by atoms with E-state index in [0.29, 0.717) is 18.2 Å². The molecule has 1 aliphatic rings. The molecule has 0 radical (unpaired) electrons. The van der Waals surface area contributed by atoms with Crippen LogP contribution in [0, 0.1) is 0 Å². The summed E-state index contributed by atoms with van der Waals surface area (Å²) in [5.74, 6) is 1.62. The van der Waals surface area contributed by atoms with Gasteiger partial charge in [-0.25, -0.2) is 0 Å². The summed E-state index contributed by atoms with van der Waals surface area (Å²) < 4.78 is 10.9. The van der Waals surface area contributed by atoms with Gasteiger partial charge in [0.05, 0.1) is 13.7 Å². The predicted molar refractivity (Wildman–Crippen MR) is 108 cm³/mol. The lowest BCUT2D eigenvalue weighted by molar-refractivity contribution is 0.0703. The third-order valence-corrected chi connectivity index (χ3v) is 5.22. The molecule has 3 aromatic rings. The first kappa shape index (κ1) is 19.1. The summed E-state index contributed by atoms with van der Waals surface area (Å²) in [4.78, 5) is 18.4. The smallest absolute Gasteiger partial charge is 0.253 e. The van der Waals surface area contributed by atoms with Crippen molar-refractivity contribution >= 4 is 5.91 Å². The zero-order chi connectivity index (χ0) is 20.1. The average Bonchev–Trinajstić information content (AvgIpc) is 3.27. The minimum absolute atomic E-state index is 0.0718. The summed E-state index contributed by atoms with van der Waals surface area (Å²) in [6.07, 6.45) is 5.12. The van der Waals surface area contributed by atoms with Crippen molar-refractivity contribution in [1.29, 1.82) is 0 Å². The quantitative estimate of drug-likeness (QED) is 0.694. The molecule has 29 heavy (non-hydrogen) atoms. The van der Waals surface area contributed by atoms with Crippen LogP contribution in [0.5, 0.6) is 5.75 Å². The van der Waals surface area contributed by atoms with E-state index in [1.807, 2.05) is 35.2 Å². The number of ether oxygens (including phenoxy) is 1. The van der Waals surface area contributed by atoms with Crippen LogP contribution >= 0.6 is 0 Å². The Morgan fingerprint density at radius 1 is 1.21 bits per heavy atom. The number of methoxy groups -OCH3 is 1. The first-order valence-electron chi connectivity index (χ1n) is 9.76. The standard InChI is InChI=1S/C22H24N4O3/c1-28-21-5-3-2-4-19(21)20-14-18(29-25-20)15-24-17-8-12-26(13-9-17)22(27)16-6-10-23-11-7-16/h2-7,10-11,14,17,24H,8-9,12-13,15H2,1H3. The number of hydrogen-bond acceptors (Lipinski definition) is 6. The van der Waals surface area contributed by atoms with Gasteiger partial charge < -0.3 is 19.5 Å². The summed E-state index contributed by atoms with van der Waals surface area (Å²) in [6.45, 7) is 2.08. The number of amides is 1. The number of carbonyl (C=O) groups excluding carboxylic acids is 1. The molecule has 0 aliphatic carbocycles. The van der Waals surface area contributed by atoms with Crippen LogP contribution in [0.2, 0.25) is 0 Å². The highest BCUT2D eigenvalue weighted by Gasteiger charge is 2.23. The maximum atomic E-state index is 12.5. The predicted octanol–water partition coefficient (Wildman–Crippen LogP) is 3.14. The van der Waals surface area contributed by atoms with Crippen molar-refractivity contribution in [2.45, 2.75) is 25.4 Å². The topological polar surface area (TPSA) is 80.5 Å². The molecule has 7 nitrogen and oxygen atoms in total. The number of likely N-dealkylation sites (tertiary alicyclic amines) is 1. The van der Waals surface area contributed by atoms with E-state index in [2.05, 4.69) is 15.5 Å². The minimum Gasteiger partial charge on any atom is -0.496 e. The van der Waals surface area contributed by atoms with Crippen molar-refractivity contribution in [3.63, 3.8) is 0 Å². The summed E-state index contributed by atoms with van der Waals surface area (Å²) in [5.41, 5.74) is 2.36. The second-order valence-corrected chi connectivity index (χ2v) is 7.06. The molecule has 0 spiro atoms. The lowest BCUT2D eigenvalue weighted by Gasteiger charge is -2.32. The third kappa shape index (κ3) is 4.46. The Balaban J connectivity index is 1.29. The summed E-state index contributed by atoms with van der Waals surface area (Å²) in [5, 5.41) is 7.69. The number of aromatic nitrogens is 2. The van der Waals surface area contributed by atoms with Gasteiger partial charge in [-0.15, -0.1) is 0 Å². The molecule has 0 unspecified atom stereocenters. The van der Waals surface area contributed by atoms with Gasteiger partial charge in [0.25, 0.3) is 5.91 Å². The van der Waals surface area contributed by atoms with Crippen LogP contribution in [0.25, 0.3) is 11.3 Å². The van der Waals surface area contributed by atoms with E-state index in [-0.39, 0.29) is 5.91 Å². The number of pyridine rings is 1. The van der Waals surface area contributed by atoms with Gasteiger partial charge in [-0.1, -0.05) is 17.3 Å². The van der Waals surface area contributed by atoms with Crippen molar-refractivity contribution in [3.05, 3.63) is 66.2 Å². The molecular formula is C22H24N4O3. The Morgan fingerprint density at radius 3 is 2.72 bits per heavy atom. The fourth-order valence-electron chi connectivity index (χ4n) is 3.59. The first-order chi connectivity index (χ1) is 14.2. The van der Waals surface area contributed by atoms with E-state index in [1.165, 1.54) is 0 Å². The van der Waals surface area contributed by atoms with Crippen LogP contribution in [0.4, 0.5) is 0 Å². The highest BCUT2D eigenvalue weighted by Crippen LogP contribution is 2.29. The van der Waals surface area contributed by atoms with E-state index in [9.17, 15) is 4.79 Å². The van der Waals surface area contributed by atoms with Gasteiger partial charge in [0, 0.05) is 48.7 Å². The highest BCUT2D eigenvalue weighted by atomic mass is 16.5. The molecule has 0 saturated carbocycles. The molecule has 1 amide bonds. The van der Waals surface area contributed by atoms with Crippen LogP contribution in [0.3, 0.4) is 0 Å². The van der Waals surface area contributed by atoms with Crippen molar-refractivity contribution in [2.24, 2.45) is 0 Å². The Kier molecular flexibility index (Phi) is 5.86. The van der Waals surface area contributed by atoms with Crippen molar-refractivity contribution < 1.29 is 14.1 Å². The van der Waals surface area contributed by atoms with Gasteiger partial charge in [-0.3, -0.25) is 9.78 Å². The lowest BCUT2D eigenvalue weighted by Crippen LogP contribution is -2.44. The minimum atomic E-state index is 0.0718. The van der Waals surface area contributed by atoms with Gasteiger partial charge >= 0.3 is 0 Å². The maximum Gasteiger partial charge on any atom is 0.253 e. The van der Waals surface area contributed by atoms with Gasteiger partial charge in [0.15, 0.2) is 5.76 Å². The van der Waals surface area contributed by atoms with Crippen molar-refractivity contribution in [3.8, 4) is 17.0 Å². The number of hydrogen-bond donors (Lipinski definition) is 1. The molecular weight excluding hydrogens is 368 g/mol. The molecule has 1 saturated heterocycles. The maximum absolute atomic E-state index is 12.5. The van der Waals surface area contributed by atoms with Gasteiger partial charge in [-0.05, 0) is 37.1 Å². The normalized spacial score (nSPS) is 14.7. The number of benzene rings is 1. The zero-order valence-electron chi connectivity index (χ0n) is 16.4. The summed E-state index contributed by atoms with van der Waals surface area (Å²) in [7, 11) is 1.65. The van der Waals surface area contributed by atoms with E-state index in [1.54, 1.807) is 31.6 Å². The van der Waals surface area contributed by atoms with Crippen LogP contribution in [-0.4, -0.2) is 47.2 Å². The number of piperidine rings is 1. The number of rotatable bonds is 6. The molecule has 1 fully saturated rings. The third-order valence-electron chi connectivity index (χ3n) is 5.22. The Labute approximate surface area is 169 Å². The molecule has 7 heteroatoms. The Hall–Kier alpha value is -3.19. The van der Waals surface area contributed by atoms with Gasteiger partial charge in [0.2, 0.25) is 0 Å². The SMILES string of the molecule is COc1ccccc1-c1cc(CNC2CCN(C(=O)c3ccncc3)CC2)on1. The fourth-order valence-corrected chi connectivity index (χ4v) is 3.59. The second kappa shape index (κ2) is 8.87. The molecule has 4 rings (SSSR count). The molecule has 1 aromatic carbocycles. The average molecular weight is 392 g/mol. The second-order valence-electron chi connectivity index (χ2n) is 7.06. The zero-order valence-corrected chi connectivity index (χ0v) is 16.4. The fraction of sp³-hybridized carbons (Fsp3) is 0.318. The molecule has 1 N–H and O–H groups in total. The van der Waals surface area contributed by atoms with E-state index >= 15 is 0 Å². The Morgan fingerprint density at radius 2 is 1.97 bits per heavy atom. The molecule has 3 heterocycles. The lowest BCUT2D eigenvalue weighted by atomic mass is 10.0. The monoisotopic (exact) mass is 392 g/mol. The Bertz CT molecular complexity index is 949. The summed E-state index contributed by atoms with van der Waals surface area (Å²) in [6, 6.07) is 13.5. The highest BCUT2D eigenvalue weighted by molar-refractivity contribution is 5.94. The van der Waals surface area contributed by atoms with Crippen LogP contribution < -0.4 is 10.1 Å². The molecule has 1 aliphatic heterocycles. The van der Waals surface area contributed by atoms with Crippen LogP contribution in [-0.2, 0) is 6.54 Å². The number of nitrogens with zero attached hydrogens (tertiary/aromatic N) is 3. The van der Waals surface area contributed by atoms with Crippen LogP contribution in [0.15, 0.2) is 59.4 Å². The molecule has 0 bridgehead atoms. The number of nitrogens with one attached hydrogen (secondary N) is 1.